The molecule has 0 aliphatic carbocycles. The molecule has 2 aromatic rings. The maximum atomic E-state index is 13.6. The van der Waals surface area contributed by atoms with Crippen molar-refractivity contribution < 1.29 is 12.8 Å². The van der Waals surface area contributed by atoms with E-state index in [9.17, 15) is 12.8 Å². The summed E-state index contributed by atoms with van der Waals surface area (Å²) in [5.74, 6) is -0.629. The van der Waals surface area contributed by atoms with Crippen LogP contribution in [0.1, 0.15) is 11.1 Å². The van der Waals surface area contributed by atoms with Crippen LogP contribution in [0.3, 0.4) is 0 Å². The summed E-state index contributed by atoms with van der Waals surface area (Å²) in [5, 5.41) is 8.62. The van der Waals surface area contributed by atoms with E-state index in [0.717, 1.165) is 17.4 Å². The molecule has 1 aromatic carbocycles. The maximum Gasteiger partial charge on any atom is 0.250 e. The molecule has 0 amide bonds. The molecule has 0 unspecified atom stereocenters. The van der Waals surface area contributed by atoms with Crippen LogP contribution in [0.15, 0.2) is 34.5 Å². The van der Waals surface area contributed by atoms with Crippen molar-refractivity contribution in [2.45, 2.75) is 10.8 Å². The molecule has 0 saturated heterocycles. The van der Waals surface area contributed by atoms with Crippen molar-refractivity contribution in [3.63, 3.8) is 0 Å². The summed E-state index contributed by atoms with van der Waals surface area (Å²) >= 11 is 6.60. The Hall–Kier alpha value is -1.46. The number of hydrogen-bond donors (Lipinski definition) is 1. The summed E-state index contributed by atoms with van der Waals surface area (Å²) in [7, 11) is -3.72. The fourth-order valence-corrected chi connectivity index (χ4v) is 3.98. The van der Waals surface area contributed by atoms with E-state index in [-0.39, 0.29) is 21.9 Å². The Morgan fingerprint density at radius 2 is 2.10 bits per heavy atom. The number of nitrogens with one attached hydrogen (secondary N) is 1. The number of hydrogen-bond acceptors (Lipinski definition) is 4. The highest BCUT2D eigenvalue weighted by Crippen LogP contribution is 2.25. The first kappa shape index (κ1) is 14.9. The minimum absolute atomic E-state index is 0.0663. The smallest absolute Gasteiger partial charge is 0.207 e. The van der Waals surface area contributed by atoms with Crippen LogP contribution in [-0.2, 0) is 16.6 Å². The quantitative estimate of drug-likeness (QED) is 0.937. The number of sulfonamides is 1. The lowest BCUT2D eigenvalue weighted by atomic mass is 10.1. The number of halogens is 2. The number of nitrogens with zero attached hydrogens (tertiary/aromatic N) is 1. The van der Waals surface area contributed by atoms with E-state index in [0.29, 0.717) is 4.34 Å². The van der Waals surface area contributed by atoms with Crippen molar-refractivity contribution in [3.05, 3.63) is 51.6 Å². The SMILES string of the molecule is N#Cc1ccc(CNS(=O)(=O)c2ccc(Cl)s2)c(F)c1. The minimum atomic E-state index is -3.72. The van der Waals surface area contributed by atoms with Crippen molar-refractivity contribution >= 4 is 33.0 Å². The third-order valence-corrected chi connectivity index (χ3v) is 5.57. The molecular weight excluding hydrogens is 323 g/mol. The Kier molecular flexibility index (Phi) is 4.40. The molecular formula is C12H8ClFN2O2S2. The molecule has 2 rings (SSSR count). The van der Waals surface area contributed by atoms with E-state index in [1.807, 2.05) is 0 Å². The van der Waals surface area contributed by atoms with Gasteiger partial charge in [-0.2, -0.15) is 5.26 Å². The first-order valence-electron chi connectivity index (χ1n) is 5.36. The molecule has 0 atom stereocenters. The number of thiophene rings is 1. The summed E-state index contributed by atoms with van der Waals surface area (Å²) in [6.45, 7) is -0.199. The topological polar surface area (TPSA) is 70.0 Å². The Bertz CT molecular complexity index is 781. The van der Waals surface area contributed by atoms with Crippen LogP contribution in [-0.4, -0.2) is 8.42 Å². The Morgan fingerprint density at radius 3 is 2.65 bits per heavy atom. The summed E-state index contributed by atoms with van der Waals surface area (Å²) in [6, 6.07) is 8.52. The molecule has 8 heteroatoms. The predicted molar refractivity (Wildman–Crippen MR) is 74.5 cm³/mol. The number of rotatable bonds is 4. The second kappa shape index (κ2) is 5.89. The van der Waals surface area contributed by atoms with Gasteiger partial charge in [-0.25, -0.2) is 17.5 Å². The third kappa shape index (κ3) is 3.35. The molecule has 0 spiro atoms. The van der Waals surface area contributed by atoms with Crippen LogP contribution < -0.4 is 4.72 Å². The zero-order valence-corrected chi connectivity index (χ0v) is 12.3. The Morgan fingerprint density at radius 1 is 1.35 bits per heavy atom. The van der Waals surface area contributed by atoms with E-state index in [2.05, 4.69) is 4.72 Å². The molecule has 1 heterocycles. The van der Waals surface area contributed by atoms with Crippen LogP contribution >= 0.6 is 22.9 Å². The lowest BCUT2D eigenvalue weighted by Gasteiger charge is -2.06. The van der Waals surface area contributed by atoms with Crippen LogP contribution in [0.5, 0.6) is 0 Å². The molecule has 0 saturated carbocycles. The second-order valence-electron chi connectivity index (χ2n) is 3.80. The monoisotopic (exact) mass is 330 g/mol. The van der Waals surface area contributed by atoms with Crippen LogP contribution in [0.25, 0.3) is 0 Å². The second-order valence-corrected chi connectivity index (χ2v) is 7.51. The van der Waals surface area contributed by atoms with Gasteiger partial charge in [0.25, 0.3) is 0 Å². The highest BCUT2D eigenvalue weighted by atomic mass is 35.5. The normalized spacial score (nSPS) is 11.2. The summed E-state index contributed by atoms with van der Waals surface area (Å²) < 4.78 is 40.2. The van der Waals surface area contributed by atoms with Gasteiger partial charge in [0.15, 0.2) is 0 Å². The summed E-state index contributed by atoms with van der Waals surface area (Å²) in [5.41, 5.74) is 0.342. The van der Waals surface area contributed by atoms with Crippen molar-refractivity contribution in [2.24, 2.45) is 0 Å². The van der Waals surface area contributed by atoms with Gasteiger partial charge < -0.3 is 0 Å². The Balaban J connectivity index is 2.15. The molecule has 104 valence electrons. The van der Waals surface area contributed by atoms with Gasteiger partial charge in [-0.3, -0.25) is 0 Å². The fraction of sp³-hybridized carbons (Fsp3) is 0.0833. The summed E-state index contributed by atoms with van der Waals surface area (Å²) in [6.07, 6.45) is 0. The van der Waals surface area contributed by atoms with Gasteiger partial charge in [0.05, 0.1) is 16.0 Å². The zero-order chi connectivity index (χ0) is 14.8. The van der Waals surface area contributed by atoms with Crippen molar-refractivity contribution in [1.82, 2.24) is 4.72 Å². The maximum absolute atomic E-state index is 13.6. The standard InChI is InChI=1S/C12H8ClFN2O2S2/c13-11-3-4-12(19-11)20(17,18)16-7-9-2-1-8(6-15)5-10(9)14/h1-5,16H,7H2. The van der Waals surface area contributed by atoms with Crippen molar-refractivity contribution in [1.29, 1.82) is 5.26 Å². The van der Waals surface area contributed by atoms with E-state index in [4.69, 9.17) is 16.9 Å². The highest BCUT2D eigenvalue weighted by Gasteiger charge is 2.17. The molecule has 0 bridgehead atoms. The van der Waals surface area contributed by atoms with Crippen molar-refractivity contribution in [2.75, 3.05) is 0 Å². The first-order chi connectivity index (χ1) is 9.42. The van der Waals surface area contributed by atoms with E-state index < -0.39 is 15.8 Å². The average molecular weight is 331 g/mol. The minimum Gasteiger partial charge on any atom is -0.207 e. The molecule has 1 N–H and O–H groups in total. The molecule has 1 aromatic heterocycles. The fourth-order valence-electron chi connectivity index (χ4n) is 1.45. The van der Waals surface area contributed by atoms with E-state index in [1.165, 1.54) is 24.3 Å². The van der Waals surface area contributed by atoms with E-state index >= 15 is 0 Å². The molecule has 20 heavy (non-hydrogen) atoms. The average Bonchev–Trinajstić information content (AvgIpc) is 2.85. The van der Waals surface area contributed by atoms with Gasteiger partial charge in [0.1, 0.15) is 10.0 Å². The molecule has 0 fully saturated rings. The number of nitriles is 1. The lowest BCUT2D eigenvalue weighted by molar-refractivity contribution is 0.576. The van der Waals surface area contributed by atoms with Gasteiger partial charge >= 0.3 is 0 Å². The third-order valence-electron chi connectivity index (χ3n) is 2.45. The molecule has 4 nitrogen and oxygen atoms in total. The van der Waals surface area contributed by atoms with E-state index in [1.54, 1.807) is 6.07 Å². The van der Waals surface area contributed by atoms with Gasteiger partial charge in [0.2, 0.25) is 10.0 Å². The van der Waals surface area contributed by atoms with Gasteiger partial charge in [-0.15, -0.1) is 11.3 Å². The molecule has 0 aliphatic rings. The Labute approximate surface area is 124 Å². The van der Waals surface area contributed by atoms with Crippen LogP contribution in [0.4, 0.5) is 4.39 Å². The lowest BCUT2D eigenvalue weighted by Crippen LogP contribution is -2.22. The number of benzene rings is 1. The first-order valence-corrected chi connectivity index (χ1v) is 8.03. The summed E-state index contributed by atoms with van der Waals surface area (Å²) in [4.78, 5) is 0. The van der Waals surface area contributed by atoms with Gasteiger partial charge in [-0.05, 0) is 24.3 Å². The van der Waals surface area contributed by atoms with Gasteiger partial charge in [-0.1, -0.05) is 17.7 Å². The zero-order valence-electron chi connectivity index (χ0n) is 9.93. The molecule has 0 aliphatic heterocycles. The predicted octanol–water partition coefficient (Wildman–Crippen LogP) is 2.89. The highest BCUT2D eigenvalue weighted by molar-refractivity contribution is 7.91. The van der Waals surface area contributed by atoms with Gasteiger partial charge in [0, 0.05) is 12.1 Å². The van der Waals surface area contributed by atoms with Crippen LogP contribution in [0.2, 0.25) is 4.34 Å². The van der Waals surface area contributed by atoms with Crippen molar-refractivity contribution in [3.8, 4) is 6.07 Å². The molecule has 0 radical (unpaired) electrons. The van der Waals surface area contributed by atoms with Crippen LogP contribution in [0, 0.1) is 17.1 Å². The largest absolute Gasteiger partial charge is 0.250 e.